The van der Waals surface area contributed by atoms with E-state index in [0.29, 0.717) is 48.1 Å². The van der Waals surface area contributed by atoms with Gasteiger partial charge in [-0.1, -0.05) is 6.07 Å². The van der Waals surface area contributed by atoms with Crippen molar-refractivity contribution in [2.75, 3.05) is 29.3 Å². The van der Waals surface area contributed by atoms with Crippen LogP contribution >= 0.6 is 0 Å². The molecule has 0 spiro atoms. The Kier molecular flexibility index (Phi) is 5.65. The van der Waals surface area contributed by atoms with E-state index in [0.717, 1.165) is 11.2 Å². The van der Waals surface area contributed by atoms with Crippen LogP contribution in [-0.4, -0.2) is 43.6 Å². The summed E-state index contributed by atoms with van der Waals surface area (Å²) in [6.07, 6.45) is 4.24. The molecule has 176 valence electrons. The average Bonchev–Trinajstić information content (AvgIpc) is 3.47. The molecule has 1 atom stereocenters. The Morgan fingerprint density at radius 3 is 2.82 bits per heavy atom. The van der Waals surface area contributed by atoms with Crippen LogP contribution in [0.2, 0.25) is 0 Å². The first-order valence-electron chi connectivity index (χ1n) is 11.2. The number of aryl methyl sites for hydroxylation is 1. The molecule has 34 heavy (non-hydrogen) atoms. The maximum Gasteiger partial charge on any atom is 0.310 e. The predicted octanol–water partition coefficient (Wildman–Crippen LogP) is 3.92. The Morgan fingerprint density at radius 1 is 1.15 bits per heavy atom. The van der Waals surface area contributed by atoms with Crippen molar-refractivity contribution in [1.29, 1.82) is 0 Å². The van der Waals surface area contributed by atoms with Gasteiger partial charge in [0.15, 0.2) is 0 Å². The molecule has 1 saturated heterocycles. The molecule has 0 amide bonds. The van der Waals surface area contributed by atoms with Gasteiger partial charge in [-0.3, -0.25) is 14.5 Å². The van der Waals surface area contributed by atoms with Gasteiger partial charge in [-0.25, -0.2) is 8.42 Å². The van der Waals surface area contributed by atoms with E-state index < -0.39 is 10.0 Å². The summed E-state index contributed by atoms with van der Waals surface area (Å²) in [5.74, 6) is -0.356. The molecule has 0 aliphatic carbocycles. The first-order valence-corrected chi connectivity index (χ1v) is 12.7. The van der Waals surface area contributed by atoms with Gasteiger partial charge in [0, 0.05) is 48.8 Å². The van der Waals surface area contributed by atoms with Gasteiger partial charge in [0.2, 0.25) is 0 Å². The van der Waals surface area contributed by atoms with Gasteiger partial charge in [0.25, 0.3) is 10.0 Å². The highest BCUT2D eigenvalue weighted by atomic mass is 32.2. The molecule has 1 N–H and O–H groups in total. The molecule has 1 aliphatic heterocycles. The summed E-state index contributed by atoms with van der Waals surface area (Å²) in [7, 11) is -1.96. The largest absolute Gasteiger partial charge is 0.466 e. The lowest BCUT2D eigenvalue weighted by Crippen LogP contribution is -2.24. The maximum absolute atomic E-state index is 13.4. The van der Waals surface area contributed by atoms with Crippen LogP contribution in [0.5, 0.6) is 0 Å². The molecule has 0 radical (unpaired) electrons. The molecule has 9 heteroatoms. The van der Waals surface area contributed by atoms with Gasteiger partial charge >= 0.3 is 5.97 Å². The number of nitrogens with zero attached hydrogens (tertiary/aromatic N) is 3. The molecule has 2 aromatic heterocycles. The van der Waals surface area contributed by atoms with Gasteiger partial charge < -0.3 is 14.2 Å². The molecule has 0 saturated carbocycles. The van der Waals surface area contributed by atoms with Crippen LogP contribution in [0.25, 0.3) is 21.8 Å². The standard InChI is InChI=1S/C25H26N4O4S/c1-3-33-25(30)17-11-15-29(16-17)22-10-9-20(18-6-5-13-26-24(18)22)27-34(31,32)23-8-4-7-21-19(23)12-14-28(21)2/h4-10,12-14,17,27H,3,11,15-16H2,1-2H3/t17-/m1/s1. The number of benzene rings is 2. The zero-order valence-electron chi connectivity index (χ0n) is 19.1. The lowest BCUT2D eigenvalue weighted by molar-refractivity contribution is -0.147. The smallest absolute Gasteiger partial charge is 0.310 e. The van der Waals surface area contributed by atoms with Crippen LogP contribution < -0.4 is 9.62 Å². The number of esters is 1. The normalized spacial score (nSPS) is 16.3. The summed E-state index contributed by atoms with van der Waals surface area (Å²) in [6.45, 7) is 3.42. The highest BCUT2D eigenvalue weighted by Gasteiger charge is 2.31. The Labute approximate surface area is 198 Å². The van der Waals surface area contributed by atoms with Crippen LogP contribution in [0.1, 0.15) is 13.3 Å². The maximum atomic E-state index is 13.4. The number of sulfonamides is 1. The Hall–Kier alpha value is -3.59. The van der Waals surface area contributed by atoms with Crippen LogP contribution in [0.4, 0.5) is 11.4 Å². The zero-order valence-corrected chi connectivity index (χ0v) is 19.9. The monoisotopic (exact) mass is 478 g/mol. The van der Waals surface area contributed by atoms with Crippen molar-refractivity contribution in [2.45, 2.75) is 18.2 Å². The molecular weight excluding hydrogens is 452 g/mol. The molecule has 1 aliphatic rings. The number of nitrogens with one attached hydrogen (secondary N) is 1. The van der Waals surface area contributed by atoms with E-state index in [1.54, 1.807) is 43.5 Å². The molecule has 2 aromatic carbocycles. The van der Waals surface area contributed by atoms with Crippen LogP contribution in [0, 0.1) is 5.92 Å². The van der Waals surface area contributed by atoms with Crippen LogP contribution in [0.15, 0.2) is 65.8 Å². The summed E-state index contributed by atoms with van der Waals surface area (Å²) in [6, 6.07) is 14.3. The molecule has 0 bridgehead atoms. The number of anilines is 2. The van der Waals surface area contributed by atoms with Crippen molar-refractivity contribution in [3.05, 3.63) is 60.9 Å². The fraction of sp³-hybridized carbons (Fsp3) is 0.280. The molecule has 0 unspecified atom stereocenters. The number of carbonyl (C=O) groups is 1. The molecule has 8 nitrogen and oxygen atoms in total. The minimum atomic E-state index is -3.84. The van der Waals surface area contributed by atoms with E-state index in [-0.39, 0.29) is 16.8 Å². The summed E-state index contributed by atoms with van der Waals surface area (Å²) < 4.78 is 36.6. The topological polar surface area (TPSA) is 93.5 Å². The van der Waals surface area contributed by atoms with E-state index in [2.05, 4.69) is 14.6 Å². The van der Waals surface area contributed by atoms with E-state index in [9.17, 15) is 13.2 Å². The number of ether oxygens (including phenoxy) is 1. The van der Waals surface area contributed by atoms with Crippen molar-refractivity contribution in [1.82, 2.24) is 9.55 Å². The Bertz CT molecular complexity index is 1500. The lowest BCUT2D eigenvalue weighted by Gasteiger charge is -2.21. The molecule has 4 aromatic rings. The third-order valence-electron chi connectivity index (χ3n) is 6.32. The van der Waals surface area contributed by atoms with E-state index in [1.807, 2.05) is 36.0 Å². The highest BCUT2D eigenvalue weighted by Crippen LogP contribution is 2.35. The van der Waals surface area contributed by atoms with Gasteiger partial charge in [-0.05, 0) is 55.8 Å². The summed E-state index contributed by atoms with van der Waals surface area (Å²) >= 11 is 0. The average molecular weight is 479 g/mol. The second-order valence-corrected chi connectivity index (χ2v) is 10.1. The number of hydrogen-bond acceptors (Lipinski definition) is 6. The quantitative estimate of drug-likeness (QED) is 0.422. The second kappa shape index (κ2) is 8.64. The predicted molar refractivity (Wildman–Crippen MR) is 132 cm³/mol. The fourth-order valence-electron chi connectivity index (χ4n) is 4.64. The lowest BCUT2D eigenvalue weighted by atomic mass is 10.1. The summed E-state index contributed by atoms with van der Waals surface area (Å²) in [5.41, 5.74) is 2.86. The summed E-state index contributed by atoms with van der Waals surface area (Å²) in [5, 5.41) is 1.36. The van der Waals surface area contributed by atoms with E-state index in [1.165, 1.54) is 0 Å². The summed E-state index contributed by atoms with van der Waals surface area (Å²) in [4.78, 5) is 19.1. The first-order chi connectivity index (χ1) is 16.4. The minimum absolute atomic E-state index is 0.178. The molecule has 1 fully saturated rings. The van der Waals surface area contributed by atoms with Gasteiger partial charge in [-0.2, -0.15) is 0 Å². The van der Waals surface area contributed by atoms with Crippen molar-refractivity contribution in [3.8, 4) is 0 Å². The van der Waals surface area contributed by atoms with Crippen molar-refractivity contribution in [2.24, 2.45) is 13.0 Å². The number of hydrogen-bond donors (Lipinski definition) is 1. The number of pyridine rings is 1. The minimum Gasteiger partial charge on any atom is -0.466 e. The molecule has 3 heterocycles. The first kappa shape index (κ1) is 22.2. The Balaban J connectivity index is 1.49. The molecular formula is C25H26N4O4S. The fourth-order valence-corrected chi connectivity index (χ4v) is 5.94. The van der Waals surface area contributed by atoms with E-state index in [4.69, 9.17) is 4.74 Å². The third kappa shape index (κ3) is 3.86. The Morgan fingerprint density at radius 2 is 2.00 bits per heavy atom. The second-order valence-electron chi connectivity index (χ2n) is 8.44. The van der Waals surface area contributed by atoms with Gasteiger partial charge in [0.1, 0.15) is 0 Å². The number of rotatable bonds is 6. The SMILES string of the molecule is CCOC(=O)[C@@H]1CCN(c2ccc(NS(=O)(=O)c3cccc4c3ccn4C)c3cccnc23)C1. The third-order valence-corrected chi connectivity index (χ3v) is 7.74. The van der Waals surface area contributed by atoms with Crippen molar-refractivity contribution >= 4 is 49.2 Å². The molecule has 5 rings (SSSR count). The van der Waals surface area contributed by atoms with Crippen molar-refractivity contribution in [3.63, 3.8) is 0 Å². The van der Waals surface area contributed by atoms with Crippen LogP contribution in [-0.2, 0) is 26.6 Å². The van der Waals surface area contributed by atoms with Crippen LogP contribution in [0.3, 0.4) is 0 Å². The van der Waals surface area contributed by atoms with Gasteiger partial charge in [-0.15, -0.1) is 0 Å². The number of aromatic nitrogens is 2. The van der Waals surface area contributed by atoms with Gasteiger partial charge in [0.05, 0.1) is 34.3 Å². The zero-order chi connectivity index (χ0) is 23.9. The number of carbonyl (C=O) groups excluding carboxylic acids is 1. The van der Waals surface area contributed by atoms with Crippen molar-refractivity contribution < 1.29 is 17.9 Å². The van der Waals surface area contributed by atoms with E-state index >= 15 is 0 Å². The number of fused-ring (bicyclic) bond motifs is 2. The highest BCUT2D eigenvalue weighted by molar-refractivity contribution is 7.93.